The molecular formula is C18H19F4N3O. The minimum absolute atomic E-state index is 0.247. The Balaban J connectivity index is 2.38. The zero-order valence-electron chi connectivity index (χ0n) is 14.6. The summed E-state index contributed by atoms with van der Waals surface area (Å²) < 4.78 is 53.8. The highest BCUT2D eigenvalue weighted by atomic mass is 19.4. The monoisotopic (exact) mass is 369 g/mol. The van der Waals surface area contributed by atoms with Gasteiger partial charge in [-0.05, 0) is 18.2 Å². The van der Waals surface area contributed by atoms with Crippen molar-refractivity contribution in [2.75, 3.05) is 5.32 Å². The van der Waals surface area contributed by atoms with Gasteiger partial charge >= 0.3 is 6.18 Å². The number of anilines is 1. The number of benzene rings is 1. The first-order valence-corrected chi connectivity index (χ1v) is 7.81. The minimum atomic E-state index is -4.67. The third-order valence-electron chi connectivity index (χ3n) is 3.63. The van der Waals surface area contributed by atoms with Gasteiger partial charge in [0, 0.05) is 11.5 Å². The Morgan fingerprint density at radius 3 is 2.46 bits per heavy atom. The van der Waals surface area contributed by atoms with E-state index in [2.05, 4.69) is 17.0 Å². The predicted octanol–water partition coefficient (Wildman–Crippen LogP) is 4.78. The molecular weight excluding hydrogens is 350 g/mol. The number of hydrogen-bond donors (Lipinski definition) is 1. The number of allylic oxidation sites excluding steroid dienone is 1. The predicted molar refractivity (Wildman–Crippen MR) is 90.5 cm³/mol. The number of carbonyl (C=O) groups is 1. The number of halogens is 4. The van der Waals surface area contributed by atoms with Crippen LogP contribution in [-0.4, -0.2) is 15.7 Å². The summed E-state index contributed by atoms with van der Waals surface area (Å²) in [6.07, 6.45) is -3.12. The van der Waals surface area contributed by atoms with Gasteiger partial charge in [-0.25, -0.2) is 9.07 Å². The van der Waals surface area contributed by atoms with Crippen molar-refractivity contribution in [1.82, 2.24) is 9.78 Å². The standard InChI is InChI=1S/C18H19F4N3O/c1-5-8-25-15(10-14(24-25)17(2,3)4)23-16(26)12-9-11(18(20,21)22)6-7-13(12)19/h5-7,9-10H,1,8H2,2-4H3,(H,23,26). The lowest BCUT2D eigenvalue weighted by Crippen LogP contribution is -2.18. The summed E-state index contributed by atoms with van der Waals surface area (Å²) in [6, 6.07) is 3.31. The summed E-state index contributed by atoms with van der Waals surface area (Å²) in [4.78, 5) is 12.3. The minimum Gasteiger partial charge on any atom is -0.307 e. The van der Waals surface area contributed by atoms with Gasteiger partial charge in [-0.3, -0.25) is 4.79 Å². The Morgan fingerprint density at radius 2 is 1.92 bits per heavy atom. The SMILES string of the molecule is C=CCn1nc(C(C)(C)C)cc1NC(=O)c1cc(C(F)(F)F)ccc1F. The molecule has 140 valence electrons. The van der Waals surface area contributed by atoms with Gasteiger partial charge in [0.1, 0.15) is 11.6 Å². The van der Waals surface area contributed by atoms with Crippen molar-refractivity contribution in [2.45, 2.75) is 38.9 Å². The van der Waals surface area contributed by atoms with Crippen molar-refractivity contribution in [3.05, 3.63) is 59.6 Å². The molecule has 2 rings (SSSR count). The van der Waals surface area contributed by atoms with Crippen LogP contribution in [0.25, 0.3) is 0 Å². The maximum absolute atomic E-state index is 13.9. The van der Waals surface area contributed by atoms with Crippen molar-refractivity contribution in [1.29, 1.82) is 0 Å². The normalized spacial score (nSPS) is 12.1. The molecule has 0 saturated heterocycles. The summed E-state index contributed by atoms with van der Waals surface area (Å²) in [5, 5.41) is 6.78. The van der Waals surface area contributed by atoms with Crippen LogP contribution in [0.3, 0.4) is 0 Å². The third kappa shape index (κ3) is 4.30. The maximum atomic E-state index is 13.9. The van der Waals surface area contributed by atoms with Gasteiger partial charge in [-0.1, -0.05) is 26.8 Å². The molecule has 0 radical (unpaired) electrons. The van der Waals surface area contributed by atoms with Gasteiger partial charge in [0.25, 0.3) is 5.91 Å². The zero-order valence-corrected chi connectivity index (χ0v) is 14.6. The second kappa shape index (κ2) is 6.93. The molecule has 0 bridgehead atoms. The van der Waals surface area contributed by atoms with Crippen LogP contribution >= 0.6 is 0 Å². The lowest BCUT2D eigenvalue weighted by atomic mass is 9.92. The Bertz CT molecular complexity index is 832. The van der Waals surface area contributed by atoms with E-state index in [9.17, 15) is 22.4 Å². The van der Waals surface area contributed by atoms with Crippen LogP contribution in [0.4, 0.5) is 23.4 Å². The van der Waals surface area contributed by atoms with Gasteiger partial charge in [0.2, 0.25) is 0 Å². The van der Waals surface area contributed by atoms with Gasteiger partial charge in [-0.2, -0.15) is 18.3 Å². The van der Waals surface area contributed by atoms with Crippen molar-refractivity contribution >= 4 is 11.7 Å². The molecule has 1 heterocycles. The van der Waals surface area contributed by atoms with E-state index in [0.717, 1.165) is 0 Å². The Labute approximate surface area is 148 Å². The van der Waals surface area contributed by atoms with E-state index in [1.165, 1.54) is 4.68 Å². The van der Waals surface area contributed by atoms with E-state index < -0.39 is 29.0 Å². The summed E-state index contributed by atoms with van der Waals surface area (Å²) in [6.45, 7) is 9.64. The average molecular weight is 369 g/mol. The van der Waals surface area contributed by atoms with Gasteiger partial charge in [0.05, 0.1) is 23.4 Å². The van der Waals surface area contributed by atoms with Crippen LogP contribution in [0.1, 0.15) is 42.4 Å². The molecule has 1 amide bonds. The number of hydrogen-bond acceptors (Lipinski definition) is 2. The molecule has 1 aromatic carbocycles. The molecule has 0 atom stereocenters. The van der Waals surface area contributed by atoms with Gasteiger partial charge in [0.15, 0.2) is 0 Å². The molecule has 26 heavy (non-hydrogen) atoms. The van der Waals surface area contributed by atoms with Crippen LogP contribution in [0.15, 0.2) is 36.9 Å². The second-order valence-electron chi connectivity index (χ2n) is 6.78. The molecule has 0 spiro atoms. The Morgan fingerprint density at radius 1 is 1.27 bits per heavy atom. The summed E-state index contributed by atoms with van der Waals surface area (Å²) >= 11 is 0. The lowest BCUT2D eigenvalue weighted by molar-refractivity contribution is -0.137. The fraction of sp³-hybridized carbons (Fsp3) is 0.333. The molecule has 4 nitrogen and oxygen atoms in total. The van der Waals surface area contributed by atoms with Gasteiger partial charge in [-0.15, -0.1) is 6.58 Å². The molecule has 0 unspecified atom stereocenters. The van der Waals surface area contributed by atoms with Crippen molar-refractivity contribution in [2.24, 2.45) is 0 Å². The summed E-state index contributed by atoms with van der Waals surface area (Å²) in [5.41, 5.74) is -1.44. The largest absolute Gasteiger partial charge is 0.416 e. The fourth-order valence-electron chi connectivity index (χ4n) is 2.20. The number of carbonyl (C=O) groups excluding carboxylic acids is 1. The number of nitrogens with zero attached hydrogens (tertiary/aromatic N) is 2. The van der Waals surface area contributed by atoms with E-state index in [1.54, 1.807) is 12.1 Å². The van der Waals surface area contributed by atoms with E-state index in [1.807, 2.05) is 20.8 Å². The highest BCUT2D eigenvalue weighted by Crippen LogP contribution is 2.31. The number of nitrogens with one attached hydrogen (secondary N) is 1. The lowest BCUT2D eigenvalue weighted by Gasteiger charge is -2.13. The maximum Gasteiger partial charge on any atom is 0.416 e. The molecule has 1 aromatic heterocycles. The van der Waals surface area contributed by atoms with Crippen molar-refractivity contribution in [3.8, 4) is 0 Å². The molecule has 0 aliphatic rings. The highest BCUT2D eigenvalue weighted by Gasteiger charge is 2.32. The highest BCUT2D eigenvalue weighted by molar-refractivity contribution is 6.04. The number of aromatic nitrogens is 2. The van der Waals surface area contributed by atoms with E-state index >= 15 is 0 Å². The number of rotatable bonds is 4. The molecule has 8 heteroatoms. The number of amides is 1. The molecule has 0 fully saturated rings. The molecule has 0 saturated carbocycles. The summed E-state index contributed by atoms with van der Waals surface area (Å²) in [5.74, 6) is -1.78. The van der Waals surface area contributed by atoms with E-state index in [0.29, 0.717) is 23.9 Å². The third-order valence-corrected chi connectivity index (χ3v) is 3.63. The van der Waals surface area contributed by atoms with Crippen molar-refractivity contribution < 1.29 is 22.4 Å². The van der Waals surface area contributed by atoms with Crippen molar-refractivity contribution in [3.63, 3.8) is 0 Å². The first kappa shape index (κ1) is 19.7. The van der Waals surface area contributed by atoms with E-state index in [-0.39, 0.29) is 17.8 Å². The molecule has 1 N–H and O–H groups in total. The van der Waals surface area contributed by atoms with Crippen LogP contribution in [0.5, 0.6) is 0 Å². The fourth-order valence-corrected chi connectivity index (χ4v) is 2.20. The van der Waals surface area contributed by atoms with Crippen LogP contribution < -0.4 is 5.32 Å². The molecule has 2 aromatic rings. The average Bonchev–Trinajstić information content (AvgIpc) is 2.90. The Hall–Kier alpha value is -2.64. The topological polar surface area (TPSA) is 46.9 Å². The summed E-state index contributed by atoms with van der Waals surface area (Å²) in [7, 11) is 0. The first-order valence-electron chi connectivity index (χ1n) is 7.81. The second-order valence-corrected chi connectivity index (χ2v) is 6.78. The van der Waals surface area contributed by atoms with E-state index in [4.69, 9.17) is 0 Å². The smallest absolute Gasteiger partial charge is 0.307 e. The van der Waals surface area contributed by atoms with Crippen LogP contribution in [0, 0.1) is 5.82 Å². The quantitative estimate of drug-likeness (QED) is 0.623. The zero-order chi connectivity index (χ0) is 19.7. The number of alkyl halides is 3. The van der Waals surface area contributed by atoms with Crippen LogP contribution in [0.2, 0.25) is 0 Å². The van der Waals surface area contributed by atoms with Gasteiger partial charge < -0.3 is 5.32 Å². The first-order chi connectivity index (χ1) is 11.9. The van der Waals surface area contributed by atoms with Crippen LogP contribution in [-0.2, 0) is 18.1 Å². The Kier molecular flexibility index (Phi) is 5.25. The molecule has 0 aliphatic carbocycles. The molecule has 0 aliphatic heterocycles.